The van der Waals surface area contributed by atoms with Crippen molar-refractivity contribution in [3.05, 3.63) is 65.0 Å². The van der Waals surface area contributed by atoms with Gasteiger partial charge in [0.2, 0.25) is 6.79 Å². The van der Waals surface area contributed by atoms with E-state index in [1.165, 1.54) is 12.1 Å². The predicted octanol–water partition coefficient (Wildman–Crippen LogP) is 3.99. The molecule has 2 aliphatic heterocycles. The van der Waals surface area contributed by atoms with Gasteiger partial charge in [-0.05, 0) is 42.3 Å². The molecule has 0 bridgehead atoms. The summed E-state index contributed by atoms with van der Waals surface area (Å²) >= 11 is 0. The molecular formula is C19H15FN2O2. The Morgan fingerprint density at radius 2 is 1.83 bits per heavy atom. The first-order valence-corrected chi connectivity index (χ1v) is 7.67. The topological polar surface area (TPSA) is 43.2 Å². The summed E-state index contributed by atoms with van der Waals surface area (Å²) in [6, 6.07) is 10.2. The van der Waals surface area contributed by atoms with E-state index in [0.717, 1.165) is 28.2 Å². The molecule has 4 nitrogen and oxygen atoms in total. The molecule has 0 atom stereocenters. The molecule has 2 aromatic rings. The van der Waals surface area contributed by atoms with Gasteiger partial charge in [0.1, 0.15) is 5.82 Å². The van der Waals surface area contributed by atoms with Crippen molar-refractivity contribution in [3.63, 3.8) is 0 Å². The molecule has 0 N–H and O–H groups in total. The highest BCUT2D eigenvalue weighted by Crippen LogP contribution is 2.39. The number of nitrogens with zero attached hydrogens (tertiary/aromatic N) is 2. The third-order valence-electron chi connectivity index (χ3n) is 3.96. The maximum Gasteiger partial charge on any atom is 0.231 e. The number of hydrogen-bond acceptors (Lipinski definition) is 4. The van der Waals surface area contributed by atoms with E-state index in [1.807, 2.05) is 31.2 Å². The minimum Gasteiger partial charge on any atom is -0.454 e. The van der Waals surface area contributed by atoms with Gasteiger partial charge in [0.25, 0.3) is 0 Å². The molecule has 0 fully saturated rings. The average molecular weight is 322 g/mol. The quantitative estimate of drug-likeness (QED) is 0.839. The Kier molecular flexibility index (Phi) is 3.61. The summed E-state index contributed by atoms with van der Waals surface area (Å²) < 4.78 is 24.2. The van der Waals surface area contributed by atoms with Crippen LogP contribution in [0.2, 0.25) is 0 Å². The van der Waals surface area contributed by atoms with Crippen LogP contribution in [0.5, 0.6) is 11.5 Å². The van der Waals surface area contributed by atoms with Gasteiger partial charge >= 0.3 is 0 Å². The highest BCUT2D eigenvalue weighted by molar-refractivity contribution is 6.15. The van der Waals surface area contributed by atoms with E-state index in [4.69, 9.17) is 9.47 Å². The van der Waals surface area contributed by atoms with Gasteiger partial charge in [0.15, 0.2) is 11.5 Å². The lowest BCUT2D eigenvalue weighted by Crippen LogP contribution is -2.05. The molecule has 2 aliphatic rings. The minimum atomic E-state index is -0.257. The largest absolute Gasteiger partial charge is 0.454 e. The van der Waals surface area contributed by atoms with Gasteiger partial charge in [-0.1, -0.05) is 24.3 Å². The fourth-order valence-electron chi connectivity index (χ4n) is 2.81. The molecule has 120 valence electrons. The van der Waals surface area contributed by atoms with E-state index in [0.29, 0.717) is 17.9 Å². The molecule has 5 heteroatoms. The van der Waals surface area contributed by atoms with Gasteiger partial charge in [0, 0.05) is 12.1 Å². The summed E-state index contributed by atoms with van der Waals surface area (Å²) in [4.78, 5) is 0. The summed E-state index contributed by atoms with van der Waals surface area (Å²) in [5.41, 5.74) is 4.52. The second-order valence-corrected chi connectivity index (χ2v) is 5.72. The molecule has 0 amide bonds. The highest BCUT2D eigenvalue weighted by atomic mass is 19.1. The van der Waals surface area contributed by atoms with Crippen LogP contribution in [0.1, 0.15) is 23.6 Å². The third kappa shape index (κ3) is 2.69. The molecule has 0 aromatic heterocycles. The highest BCUT2D eigenvalue weighted by Gasteiger charge is 2.24. The van der Waals surface area contributed by atoms with Crippen LogP contribution in [0.4, 0.5) is 4.39 Å². The van der Waals surface area contributed by atoms with E-state index in [2.05, 4.69) is 10.2 Å². The zero-order chi connectivity index (χ0) is 16.5. The molecule has 0 radical (unpaired) electrons. The molecule has 4 rings (SSSR count). The maximum absolute atomic E-state index is 13.0. The number of allylic oxidation sites excluding steroid dienone is 1. The zero-order valence-electron chi connectivity index (χ0n) is 13.1. The van der Waals surface area contributed by atoms with Crippen molar-refractivity contribution in [1.29, 1.82) is 0 Å². The van der Waals surface area contributed by atoms with Crippen molar-refractivity contribution in [1.82, 2.24) is 0 Å². The standard InChI is InChI=1S/C19H15FN2O2/c1-12-10-14-5-9-17-19(24-11-23-17)18(14)16(22-21-12)8-4-13-2-6-15(20)7-3-13/h2-9H,10-11H2,1H3/b8-4+. The van der Waals surface area contributed by atoms with Crippen LogP contribution in [0.15, 0.2) is 52.7 Å². The zero-order valence-corrected chi connectivity index (χ0v) is 13.1. The van der Waals surface area contributed by atoms with Gasteiger partial charge in [-0.2, -0.15) is 10.2 Å². The average Bonchev–Trinajstić information content (AvgIpc) is 2.99. The van der Waals surface area contributed by atoms with E-state index >= 15 is 0 Å². The Labute approximate surface area is 138 Å². The van der Waals surface area contributed by atoms with Crippen LogP contribution >= 0.6 is 0 Å². The normalized spacial score (nSPS) is 15.8. The number of halogens is 1. The molecule has 0 saturated heterocycles. The smallest absolute Gasteiger partial charge is 0.231 e. The molecule has 0 unspecified atom stereocenters. The molecule has 2 heterocycles. The molecular weight excluding hydrogens is 307 g/mol. The number of benzene rings is 2. The van der Waals surface area contributed by atoms with Gasteiger partial charge in [-0.25, -0.2) is 4.39 Å². The van der Waals surface area contributed by atoms with Crippen molar-refractivity contribution in [2.45, 2.75) is 13.3 Å². The van der Waals surface area contributed by atoms with E-state index in [1.54, 1.807) is 12.1 Å². The number of fused-ring (bicyclic) bond motifs is 3. The number of hydrogen-bond donors (Lipinski definition) is 0. The second kappa shape index (κ2) is 5.92. The molecule has 0 saturated carbocycles. The van der Waals surface area contributed by atoms with Crippen molar-refractivity contribution >= 4 is 17.5 Å². The Hall–Kier alpha value is -2.95. The van der Waals surface area contributed by atoms with Crippen LogP contribution < -0.4 is 9.47 Å². The van der Waals surface area contributed by atoms with Gasteiger partial charge < -0.3 is 9.47 Å². The summed E-state index contributed by atoms with van der Waals surface area (Å²) in [5.74, 6) is 1.17. The Morgan fingerprint density at radius 3 is 2.67 bits per heavy atom. The van der Waals surface area contributed by atoms with Gasteiger partial charge in [-0.3, -0.25) is 0 Å². The first-order chi connectivity index (χ1) is 11.7. The van der Waals surface area contributed by atoms with Crippen molar-refractivity contribution in [3.8, 4) is 11.5 Å². The lowest BCUT2D eigenvalue weighted by Gasteiger charge is -2.09. The van der Waals surface area contributed by atoms with Crippen LogP contribution in [0.3, 0.4) is 0 Å². The van der Waals surface area contributed by atoms with Crippen LogP contribution in [0.25, 0.3) is 6.08 Å². The van der Waals surface area contributed by atoms with Crippen molar-refractivity contribution in [2.75, 3.05) is 6.79 Å². The van der Waals surface area contributed by atoms with Gasteiger partial charge in [0.05, 0.1) is 11.3 Å². The Morgan fingerprint density at radius 1 is 1.00 bits per heavy atom. The maximum atomic E-state index is 13.0. The van der Waals surface area contributed by atoms with Crippen molar-refractivity contribution in [2.24, 2.45) is 10.2 Å². The Bertz CT molecular complexity index is 883. The molecule has 2 aromatic carbocycles. The first-order valence-electron chi connectivity index (χ1n) is 7.67. The fraction of sp³-hybridized carbons (Fsp3) is 0.158. The van der Waals surface area contributed by atoms with Crippen molar-refractivity contribution < 1.29 is 13.9 Å². The second-order valence-electron chi connectivity index (χ2n) is 5.72. The van der Waals surface area contributed by atoms with Crippen LogP contribution in [-0.2, 0) is 6.42 Å². The summed E-state index contributed by atoms with van der Waals surface area (Å²) in [5, 5.41) is 8.63. The predicted molar refractivity (Wildman–Crippen MR) is 91.3 cm³/mol. The number of rotatable bonds is 2. The monoisotopic (exact) mass is 322 g/mol. The lowest BCUT2D eigenvalue weighted by atomic mass is 9.97. The molecule has 0 spiro atoms. The van der Waals surface area contributed by atoms with E-state index in [-0.39, 0.29) is 12.6 Å². The summed E-state index contributed by atoms with van der Waals surface area (Å²) in [6.07, 6.45) is 4.47. The molecule has 24 heavy (non-hydrogen) atoms. The first kappa shape index (κ1) is 14.6. The van der Waals surface area contributed by atoms with Gasteiger partial charge in [-0.15, -0.1) is 0 Å². The number of ether oxygens (including phenoxy) is 2. The van der Waals surface area contributed by atoms with Crippen LogP contribution in [0, 0.1) is 5.82 Å². The summed E-state index contributed by atoms with van der Waals surface area (Å²) in [6.45, 7) is 2.16. The fourth-order valence-corrected chi connectivity index (χ4v) is 2.81. The minimum absolute atomic E-state index is 0.209. The Balaban J connectivity index is 1.78. The SMILES string of the molecule is CC1=NN=C(/C=C/c2ccc(F)cc2)c2c(ccc3c2OCO3)C1. The van der Waals surface area contributed by atoms with E-state index in [9.17, 15) is 4.39 Å². The molecule has 0 aliphatic carbocycles. The lowest BCUT2D eigenvalue weighted by molar-refractivity contribution is 0.174. The third-order valence-corrected chi connectivity index (χ3v) is 3.96. The van der Waals surface area contributed by atoms with E-state index < -0.39 is 0 Å². The van der Waals surface area contributed by atoms with Crippen LogP contribution in [-0.4, -0.2) is 18.2 Å². The summed E-state index contributed by atoms with van der Waals surface area (Å²) in [7, 11) is 0.